The van der Waals surface area contributed by atoms with E-state index in [-0.39, 0.29) is 0 Å². The maximum atomic E-state index is 6.03. The Morgan fingerprint density at radius 3 is 2.32 bits per heavy atom. The van der Waals surface area contributed by atoms with Crippen LogP contribution in [0.5, 0.6) is 11.5 Å². The average Bonchev–Trinajstić information content (AvgIpc) is 3.00. The van der Waals surface area contributed by atoms with E-state index >= 15 is 0 Å². The van der Waals surface area contributed by atoms with E-state index in [1.54, 1.807) is 11.3 Å². The monoisotopic (exact) mass is 303 g/mol. The molecule has 1 aromatic heterocycles. The van der Waals surface area contributed by atoms with Gasteiger partial charge in [-0.05, 0) is 36.4 Å². The molecule has 106 valence electrons. The molecule has 0 fully saturated rings. The summed E-state index contributed by atoms with van der Waals surface area (Å²) in [6, 6.07) is 26.0. The zero-order valence-corrected chi connectivity index (χ0v) is 12.6. The molecule has 22 heavy (non-hydrogen) atoms. The van der Waals surface area contributed by atoms with Crippen LogP contribution in [0.15, 0.2) is 78.9 Å². The van der Waals surface area contributed by atoms with Crippen LogP contribution in [0.4, 0.5) is 0 Å². The lowest BCUT2D eigenvalue weighted by Crippen LogP contribution is -1.87. The molecule has 2 nitrogen and oxygen atoms in total. The predicted molar refractivity (Wildman–Crippen MR) is 91.6 cm³/mol. The average molecular weight is 303 g/mol. The van der Waals surface area contributed by atoms with Gasteiger partial charge in [0, 0.05) is 0 Å². The molecule has 4 rings (SSSR count). The first-order chi connectivity index (χ1) is 10.9. The van der Waals surface area contributed by atoms with Crippen LogP contribution in [0.2, 0.25) is 0 Å². The molecule has 0 unspecified atom stereocenters. The summed E-state index contributed by atoms with van der Waals surface area (Å²) in [5, 5.41) is 0.979. The van der Waals surface area contributed by atoms with E-state index < -0.39 is 0 Å². The van der Waals surface area contributed by atoms with Gasteiger partial charge >= 0.3 is 0 Å². The van der Waals surface area contributed by atoms with E-state index in [0.29, 0.717) is 0 Å². The number of nitrogens with zero attached hydrogens (tertiary/aromatic N) is 1. The lowest BCUT2D eigenvalue weighted by Gasteiger charge is -2.09. The summed E-state index contributed by atoms with van der Waals surface area (Å²) >= 11 is 1.68. The molecule has 0 aliphatic carbocycles. The summed E-state index contributed by atoms with van der Waals surface area (Å²) in [6.07, 6.45) is 0. The molecule has 0 N–H and O–H groups in total. The van der Waals surface area contributed by atoms with Gasteiger partial charge < -0.3 is 4.74 Å². The highest BCUT2D eigenvalue weighted by molar-refractivity contribution is 7.21. The quantitative estimate of drug-likeness (QED) is 0.480. The van der Waals surface area contributed by atoms with Gasteiger partial charge in [0.2, 0.25) is 0 Å². The van der Waals surface area contributed by atoms with Crippen molar-refractivity contribution in [1.82, 2.24) is 4.98 Å². The van der Waals surface area contributed by atoms with Crippen molar-refractivity contribution in [1.29, 1.82) is 0 Å². The topological polar surface area (TPSA) is 22.1 Å². The molecule has 1 heterocycles. The van der Waals surface area contributed by atoms with Crippen LogP contribution in [0.3, 0.4) is 0 Å². The van der Waals surface area contributed by atoms with Crippen molar-refractivity contribution in [3.05, 3.63) is 78.9 Å². The Hall–Kier alpha value is -2.65. The number of benzene rings is 3. The molecule has 0 saturated carbocycles. The van der Waals surface area contributed by atoms with Crippen LogP contribution in [-0.2, 0) is 0 Å². The number of rotatable bonds is 3. The SMILES string of the molecule is c1ccc(Oc2ccccc2-c2nc3ccccc3s2)cc1. The first kappa shape index (κ1) is 13.0. The molecular formula is C19H13NOS. The molecule has 0 spiro atoms. The van der Waals surface area contributed by atoms with Crippen molar-refractivity contribution in [2.75, 3.05) is 0 Å². The molecule has 0 saturated heterocycles. The van der Waals surface area contributed by atoms with E-state index in [0.717, 1.165) is 27.6 Å². The van der Waals surface area contributed by atoms with Gasteiger partial charge in [-0.2, -0.15) is 0 Å². The van der Waals surface area contributed by atoms with Crippen LogP contribution in [0, 0.1) is 0 Å². The summed E-state index contributed by atoms with van der Waals surface area (Å²) in [4.78, 5) is 4.72. The number of hydrogen-bond donors (Lipinski definition) is 0. The molecule has 0 amide bonds. The number of ether oxygens (including phenoxy) is 1. The number of aromatic nitrogens is 1. The molecule has 3 aromatic carbocycles. The van der Waals surface area contributed by atoms with Gasteiger partial charge in [-0.1, -0.05) is 42.5 Å². The molecule has 3 heteroatoms. The fourth-order valence-electron chi connectivity index (χ4n) is 2.34. The highest BCUT2D eigenvalue weighted by Gasteiger charge is 2.11. The molecule has 4 aromatic rings. The van der Waals surface area contributed by atoms with Gasteiger partial charge in [0.1, 0.15) is 16.5 Å². The predicted octanol–water partition coefficient (Wildman–Crippen LogP) is 5.76. The van der Waals surface area contributed by atoms with E-state index in [2.05, 4.69) is 12.1 Å². The van der Waals surface area contributed by atoms with E-state index in [1.807, 2.05) is 66.7 Å². The fourth-order valence-corrected chi connectivity index (χ4v) is 3.33. The van der Waals surface area contributed by atoms with Crippen molar-refractivity contribution >= 4 is 21.6 Å². The summed E-state index contributed by atoms with van der Waals surface area (Å²) in [7, 11) is 0. The third-order valence-corrected chi connectivity index (χ3v) is 4.45. The second kappa shape index (κ2) is 5.62. The van der Waals surface area contributed by atoms with Gasteiger partial charge in [-0.25, -0.2) is 4.98 Å². The van der Waals surface area contributed by atoms with Crippen molar-refractivity contribution in [2.24, 2.45) is 0 Å². The number of thiazole rings is 1. The lowest BCUT2D eigenvalue weighted by molar-refractivity contribution is 0.484. The standard InChI is InChI=1S/C19H13NOS/c1-2-8-14(9-3-1)21-17-12-6-4-10-15(17)19-20-16-11-5-7-13-18(16)22-19/h1-13H. The van der Waals surface area contributed by atoms with Gasteiger partial charge in [0.25, 0.3) is 0 Å². The number of fused-ring (bicyclic) bond motifs is 1. The normalized spacial score (nSPS) is 10.7. The minimum atomic E-state index is 0.827. The zero-order chi connectivity index (χ0) is 14.8. The second-order valence-corrected chi connectivity index (χ2v) is 5.93. The fraction of sp³-hybridized carbons (Fsp3) is 0. The Morgan fingerprint density at radius 1 is 0.727 bits per heavy atom. The van der Waals surface area contributed by atoms with Crippen LogP contribution < -0.4 is 4.74 Å². The number of para-hydroxylation sites is 3. The summed E-state index contributed by atoms with van der Waals surface area (Å²) in [5.41, 5.74) is 2.05. The first-order valence-corrected chi connectivity index (χ1v) is 7.90. The van der Waals surface area contributed by atoms with Crippen LogP contribution in [-0.4, -0.2) is 4.98 Å². The van der Waals surface area contributed by atoms with Gasteiger partial charge in [0.05, 0.1) is 15.8 Å². The zero-order valence-electron chi connectivity index (χ0n) is 11.8. The molecule has 0 aliphatic heterocycles. The Labute approximate surface area is 132 Å². The van der Waals surface area contributed by atoms with Crippen molar-refractivity contribution in [3.8, 4) is 22.1 Å². The van der Waals surface area contributed by atoms with Crippen LogP contribution in [0.25, 0.3) is 20.8 Å². The molecule has 0 atom stereocenters. The second-order valence-electron chi connectivity index (χ2n) is 4.90. The molecular weight excluding hydrogens is 290 g/mol. The Bertz CT molecular complexity index is 882. The summed E-state index contributed by atoms with van der Waals surface area (Å²) in [5.74, 6) is 1.66. The molecule has 0 aliphatic rings. The van der Waals surface area contributed by atoms with Crippen LogP contribution in [0.1, 0.15) is 0 Å². The van der Waals surface area contributed by atoms with E-state index in [4.69, 9.17) is 9.72 Å². The highest BCUT2D eigenvalue weighted by atomic mass is 32.1. The molecule has 0 radical (unpaired) electrons. The Balaban J connectivity index is 1.78. The highest BCUT2D eigenvalue weighted by Crippen LogP contribution is 2.37. The largest absolute Gasteiger partial charge is 0.457 e. The maximum absolute atomic E-state index is 6.03. The summed E-state index contributed by atoms with van der Waals surface area (Å²) < 4.78 is 7.21. The van der Waals surface area contributed by atoms with Crippen molar-refractivity contribution in [2.45, 2.75) is 0 Å². The van der Waals surface area contributed by atoms with E-state index in [9.17, 15) is 0 Å². The van der Waals surface area contributed by atoms with Gasteiger partial charge in [-0.15, -0.1) is 11.3 Å². The minimum absolute atomic E-state index is 0.827. The Kier molecular flexibility index (Phi) is 3.33. The minimum Gasteiger partial charge on any atom is -0.457 e. The van der Waals surface area contributed by atoms with Crippen LogP contribution >= 0.6 is 11.3 Å². The number of hydrogen-bond acceptors (Lipinski definition) is 3. The third kappa shape index (κ3) is 2.47. The van der Waals surface area contributed by atoms with Crippen molar-refractivity contribution in [3.63, 3.8) is 0 Å². The van der Waals surface area contributed by atoms with Gasteiger partial charge in [0.15, 0.2) is 0 Å². The van der Waals surface area contributed by atoms with E-state index in [1.165, 1.54) is 4.70 Å². The van der Waals surface area contributed by atoms with Gasteiger partial charge in [-0.3, -0.25) is 0 Å². The van der Waals surface area contributed by atoms with Crippen molar-refractivity contribution < 1.29 is 4.74 Å². The summed E-state index contributed by atoms with van der Waals surface area (Å²) in [6.45, 7) is 0. The Morgan fingerprint density at radius 2 is 1.45 bits per heavy atom. The maximum Gasteiger partial charge on any atom is 0.137 e. The first-order valence-electron chi connectivity index (χ1n) is 7.08. The lowest BCUT2D eigenvalue weighted by atomic mass is 10.2. The molecule has 0 bridgehead atoms. The smallest absolute Gasteiger partial charge is 0.137 e. The third-order valence-electron chi connectivity index (χ3n) is 3.38.